The first-order valence-electron chi connectivity index (χ1n) is 8.24. The molecule has 0 saturated carbocycles. The first-order valence-corrected chi connectivity index (χ1v) is 8.99. The normalized spacial score (nSPS) is 13.2. The van der Waals surface area contributed by atoms with Crippen LogP contribution in [0.3, 0.4) is 0 Å². The van der Waals surface area contributed by atoms with Crippen molar-refractivity contribution in [1.29, 1.82) is 0 Å². The number of carbonyl (C=O) groups excluding carboxylic acids is 1. The third-order valence-corrected chi connectivity index (χ3v) is 4.64. The number of anilines is 1. The second kappa shape index (κ2) is 8.41. The van der Waals surface area contributed by atoms with Crippen molar-refractivity contribution < 1.29 is 14.5 Å². The molecule has 0 aliphatic carbocycles. The first-order chi connectivity index (χ1) is 12.5. The Labute approximate surface area is 162 Å². The number of rotatable bonds is 6. The molecular weight excluding hydrogens is 371 g/mol. The smallest absolute Gasteiger partial charge is 0.282 e. The summed E-state index contributed by atoms with van der Waals surface area (Å²) in [6.45, 7) is 1.85. The minimum absolute atomic E-state index is 0.118. The summed E-state index contributed by atoms with van der Waals surface area (Å²) in [5.74, 6) is 0.641. The highest BCUT2D eigenvalue weighted by Gasteiger charge is 2.27. The van der Waals surface area contributed by atoms with Gasteiger partial charge in [-0.15, -0.1) is 0 Å². The van der Waals surface area contributed by atoms with Gasteiger partial charge in [0, 0.05) is 10.6 Å². The standard InChI is InChI=1S/C20H18Cl2N2O2/c1-13(20(25)24-17-10-9-15(21)12-16(17)22)23-19(18-8-5-11-26-18)14-6-3-2-4-7-14/h2-13,19,23H,1H3,(H,24,25)/p+1/t13-,19-/m0/s1. The molecule has 0 fully saturated rings. The van der Waals surface area contributed by atoms with Crippen molar-refractivity contribution in [3.63, 3.8) is 0 Å². The molecule has 1 aromatic heterocycles. The van der Waals surface area contributed by atoms with Gasteiger partial charge in [-0.25, -0.2) is 0 Å². The quantitative estimate of drug-likeness (QED) is 0.661. The largest absolute Gasteiger partial charge is 0.463 e. The van der Waals surface area contributed by atoms with Crippen LogP contribution in [-0.4, -0.2) is 11.9 Å². The van der Waals surface area contributed by atoms with Gasteiger partial charge in [-0.1, -0.05) is 53.5 Å². The fourth-order valence-corrected chi connectivity index (χ4v) is 3.17. The van der Waals surface area contributed by atoms with Gasteiger partial charge in [0.25, 0.3) is 5.91 Å². The molecule has 0 spiro atoms. The molecule has 1 amide bonds. The average Bonchev–Trinajstić information content (AvgIpc) is 3.17. The van der Waals surface area contributed by atoms with Gasteiger partial charge in [0.1, 0.15) is 0 Å². The van der Waals surface area contributed by atoms with Crippen molar-refractivity contribution in [1.82, 2.24) is 0 Å². The highest BCUT2D eigenvalue weighted by atomic mass is 35.5. The summed E-state index contributed by atoms with van der Waals surface area (Å²) in [7, 11) is 0. The van der Waals surface area contributed by atoms with E-state index in [2.05, 4.69) is 5.32 Å². The van der Waals surface area contributed by atoms with Crippen LogP contribution in [0, 0.1) is 0 Å². The van der Waals surface area contributed by atoms with Crippen LogP contribution < -0.4 is 10.6 Å². The SMILES string of the molecule is C[C@H]([NH2+][C@@H](c1ccccc1)c1ccco1)C(=O)Nc1ccc(Cl)cc1Cl. The van der Waals surface area contributed by atoms with E-state index in [1.165, 1.54) is 0 Å². The van der Waals surface area contributed by atoms with Gasteiger partial charge in [-0.3, -0.25) is 4.79 Å². The second-order valence-corrected chi connectivity index (χ2v) is 6.84. The number of nitrogens with two attached hydrogens (primary N) is 1. The number of nitrogens with one attached hydrogen (secondary N) is 1. The van der Waals surface area contributed by atoms with Gasteiger partial charge in [-0.2, -0.15) is 0 Å². The second-order valence-electron chi connectivity index (χ2n) is 6.00. The van der Waals surface area contributed by atoms with E-state index >= 15 is 0 Å². The molecule has 0 radical (unpaired) electrons. The lowest BCUT2D eigenvalue weighted by atomic mass is 10.0. The molecule has 0 aliphatic rings. The van der Waals surface area contributed by atoms with Crippen molar-refractivity contribution in [2.45, 2.75) is 19.0 Å². The lowest BCUT2D eigenvalue weighted by Gasteiger charge is -2.19. The van der Waals surface area contributed by atoms with Crippen LogP contribution in [0.4, 0.5) is 5.69 Å². The van der Waals surface area contributed by atoms with Crippen LogP contribution >= 0.6 is 23.2 Å². The Kier molecular flexibility index (Phi) is 5.99. The van der Waals surface area contributed by atoms with E-state index in [1.54, 1.807) is 24.5 Å². The number of halogens is 2. The summed E-state index contributed by atoms with van der Waals surface area (Å²) < 4.78 is 5.58. The van der Waals surface area contributed by atoms with Crippen molar-refractivity contribution in [3.05, 3.63) is 88.3 Å². The predicted octanol–water partition coefficient (Wildman–Crippen LogP) is 4.27. The number of quaternary nitrogens is 1. The Bertz CT molecular complexity index is 867. The summed E-state index contributed by atoms with van der Waals surface area (Å²) in [4.78, 5) is 12.6. The first kappa shape index (κ1) is 18.5. The van der Waals surface area contributed by atoms with Gasteiger partial charge in [0.05, 0.1) is 17.0 Å². The Morgan fingerprint density at radius 1 is 1.08 bits per heavy atom. The molecule has 3 N–H and O–H groups in total. The predicted molar refractivity (Wildman–Crippen MR) is 103 cm³/mol. The minimum atomic E-state index is -0.364. The number of amides is 1. The minimum Gasteiger partial charge on any atom is -0.463 e. The van der Waals surface area contributed by atoms with Crippen LogP contribution in [0.1, 0.15) is 24.3 Å². The van der Waals surface area contributed by atoms with Crippen LogP contribution in [0.2, 0.25) is 10.0 Å². The molecule has 0 bridgehead atoms. The molecule has 3 rings (SSSR count). The monoisotopic (exact) mass is 389 g/mol. The van der Waals surface area contributed by atoms with Crippen molar-refractivity contribution in [2.75, 3.05) is 5.32 Å². The number of hydrogen-bond acceptors (Lipinski definition) is 2. The number of carbonyl (C=O) groups is 1. The van der Waals surface area contributed by atoms with E-state index in [4.69, 9.17) is 27.6 Å². The Morgan fingerprint density at radius 2 is 1.85 bits per heavy atom. The zero-order chi connectivity index (χ0) is 18.5. The highest BCUT2D eigenvalue weighted by Crippen LogP contribution is 2.25. The third kappa shape index (κ3) is 4.47. The van der Waals surface area contributed by atoms with Crippen LogP contribution in [0.5, 0.6) is 0 Å². The molecule has 6 heteroatoms. The topological polar surface area (TPSA) is 58.9 Å². The highest BCUT2D eigenvalue weighted by molar-refractivity contribution is 6.36. The van der Waals surface area contributed by atoms with Crippen LogP contribution in [0.15, 0.2) is 71.3 Å². The van der Waals surface area contributed by atoms with Crippen molar-refractivity contribution >= 4 is 34.8 Å². The van der Waals surface area contributed by atoms with E-state index in [-0.39, 0.29) is 18.0 Å². The lowest BCUT2D eigenvalue weighted by Crippen LogP contribution is -2.92. The van der Waals surface area contributed by atoms with Crippen molar-refractivity contribution in [3.8, 4) is 0 Å². The lowest BCUT2D eigenvalue weighted by molar-refractivity contribution is -0.706. The Morgan fingerprint density at radius 3 is 2.50 bits per heavy atom. The van der Waals surface area contributed by atoms with Crippen molar-refractivity contribution in [2.24, 2.45) is 0 Å². The molecule has 2 atom stereocenters. The molecule has 26 heavy (non-hydrogen) atoms. The molecule has 0 saturated heterocycles. The fraction of sp³-hybridized carbons (Fsp3) is 0.150. The molecule has 0 aliphatic heterocycles. The third-order valence-electron chi connectivity index (χ3n) is 4.09. The Hall–Kier alpha value is -2.27. The number of hydrogen-bond donors (Lipinski definition) is 2. The maximum absolute atomic E-state index is 12.6. The van der Waals surface area contributed by atoms with Gasteiger partial charge < -0.3 is 15.1 Å². The molecule has 2 aromatic carbocycles. The van der Waals surface area contributed by atoms with Crippen LogP contribution in [-0.2, 0) is 4.79 Å². The number of benzene rings is 2. The summed E-state index contributed by atoms with van der Waals surface area (Å²) >= 11 is 12.0. The van der Waals surface area contributed by atoms with Gasteiger partial charge >= 0.3 is 0 Å². The summed E-state index contributed by atoms with van der Waals surface area (Å²) in [6, 6.07) is 18.2. The van der Waals surface area contributed by atoms with E-state index in [1.807, 2.05) is 54.7 Å². The summed E-state index contributed by atoms with van der Waals surface area (Å²) in [6.07, 6.45) is 1.64. The van der Waals surface area contributed by atoms with Gasteiger partial charge in [0.2, 0.25) is 0 Å². The molecule has 134 valence electrons. The molecule has 0 unspecified atom stereocenters. The molecule has 4 nitrogen and oxygen atoms in total. The maximum Gasteiger partial charge on any atom is 0.282 e. The summed E-state index contributed by atoms with van der Waals surface area (Å²) in [5.41, 5.74) is 1.60. The van der Waals surface area contributed by atoms with E-state index in [0.717, 1.165) is 11.3 Å². The summed E-state index contributed by atoms with van der Waals surface area (Å²) in [5, 5.41) is 5.74. The number of furan rings is 1. The zero-order valence-corrected chi connectivity index (χ0v) is 15.7. The van der Waals surface area contributed by atoms with Gasteiger partial charge in [0.15, 0.2) is 17.8 Å². The Balaban J connectivity index is 1.75. The van der Waals surface area contributed by atoms with E-state index in [0.29, 0.717) is 15.7 Å². The zero-order valence-electron chi connectivity index (χ0n) is 14.2. The maximum atomic E-state index is 12.6. The average molecular weight is 390 g/mol. The van der Waals surface area contributed by atoms with Gasteiger partial charge in [-0.05, 0) is 37.3 Å². The molecule has 1 heterocycles. The molecular formula is C20H19Cl2N2O2+. The molecule has 3 aromatic rings. The van der Waals surface area contributed by atoms with E-state index in [9.17, 15) is 4.79 Å². The van der Waals surface area contributed by atoms with E-state index < -0.39 is 0 Å². The van der Waals surface area contributed by atoms with Crippen LogP contribution in [0.25, 0.3) is 0 Å². The fourth-order valence-electron chi connectivity index (χ4n) is 2.71.